The summed E-state index contributed by atoms with van der Waals surface area (Å²) in [6.45, 7) is 5.53. The van der Waals surface area contributed by atoms with Crippen molar-refractivity contribution in [2.45, 2.75) is 26.9 Å². The van der Waals surface area contributed by atoms with Crippen LogP contribution < -0.4 is 4.74 Å². The zero-order valence-electron chi connectivity index (χ0n) is 11.8. The Morgan fingerprint density at radius 2 is 1.75 bits per heavy atom. The molecule has 0 unspecified atom stereocenters. The van der Waals surface area contributed by atoms with Crippen LogP contribution in [0.2, 0.25) is 0 Å². The van der Waals surface area contributed by atoms with E-state index in [2.05, 4.69) is 6.07 Å². The molecule has 0 aliphatic heterocycles. The van der Waals surface area contributed by atoms with Crippen molar-refractivity contribution in [1.29, 1.82) is 5.26 Å². The summed E-state index contributed by atoms with van der Waals surface area (Å²) in [4.78, 5) is 0. The van der Waals surface area contributed by atoms with Gasteiger partial charge in [-0.05, 0) is 50.1 Å². The number of nitriles is 1. The third kappa shape index (κ3) is 2.81. The fourth-order valence-corrected chi connectivity index (χ4v) is 2.20. The van der Waals surface area contributed by atoms with E-state index in [0.717, 1.165) is 22.4 Å². The van der Waals surface area contributed by atoms with Crippen molar-refractivity contribution >= 4 is 0 Å². The summed E-state index contributed by atoms with van der Waals surface area (Å²) in [7, 11) is 0. The van der Waals surface area contributed by atoms with Crippen molar-refractivity contribution in [2.24, 2.45) is 0 Å². The van der Waals surface area contributed by atoms with Crippen molar-refractivity contribution in [3.63, 3.8) is 0 Å². The Morgan fingerprint density at radius 1 is 1.15 bits per heavy atom. The van der Waals surface area contributed by atoms with Gasteiger partial charge in [0.2, 0.25) is 0 Å². The standard InChI is InChI=1S/C17H17NO2/c1-11-8-14(10-18)9-12(2)17(11)20-16-7-5-4-6-15(16)13(3)19/h4-9,13,19H,1-3H3/t13-/m1/s1. The number of hydrogen-bond acceptors (Lipinski definition) is 3. The number of benzene rings is 2. The molecule has 0 aliphatic carbocycles. The van der Waals surface area contributed by atoms with Crippen LogP contribution in [0.5, 0.6) is 11.5 Å². The minimum absolute atomic E-state index is 0.592. The molecule has 3 heteroatoms. The van der Waals surface area contributed by atoms with Crippen LogP contribution in [0.15, 0.2) is 36.4 Å². The summed E-state index contributed by atoms with van der Waals surface area (Å²) >= 11 is 0. The van der Waals surface area contributed by atoms with Gasteiger partial charge in [0, 0.05) is 5.56 Å². The maximum Gasteiger partial charge on any atom is 0.133 e. The largest absolute Gasteiger partial charge is 0.456 e. The topological polar surface area (TPSA) is 53.2 Å². The lowest BCUT2D eigenvalue weighted by atomic mass is 10.1. The second-order valence-corrected chi connectivity index (χ2v) is 4.87. The molecule has 1 N–H and O–H groups in total. The molecule has 0 bridgehead atoms. The third-order valence-electron chi connectivity index (χ3n) is 3.17. The average Bonchev–Trinajstić information content (AvgIpc) is 2.42. The van der Waals surface area contributed by atoms with E-state index in [1.807, 2.05) is 38.1 Å². The summed E-state index contributed by atoms with van der Waals surface area (Å²) in [5.74, 6) is 1.37. The number of aryl methyl sites for hydroxylation is 2. The van der Waals surface area contributed by atoms with Crippen LogP contribution in [-0.2, 0) is 0 Å². The molecule has 102 valence electrons. The molecule has 3 nitrogen and oxygen atoms in total. The number of aliphatic hydroxyl groups excluding tert-OH is 1. The average molecular weight is 267 g/mol. The second kappa shape index (κ2) is 5.77. The highest BCUT2D eigenvalue weighted by Crippen LogP contribution is 2.33. The molecule has 0 radical (unpaired) electrons. The maximum absolute atomic E-state index is 9.78. The lowest BCUT2D eigenvalue weighted by Crippen LogP contribution is -1.98. The van der Waals surface area contributed by atoms with Gasteiger partial charge in [-0.25, -0.2) is 0 Å². The van der Waals surface area contributed by atoms with Gasteiger partial charge in [0.15, 0.2) is 0 Å². The quantitative estimate of drug-likeness (QED) is 0.913. The van der Waals surface area contributed by atoms with Crippen molar-refractivity contribution < 1.29 is 9.84 Å². The summed E-state index contributed by atoms with van der Waals surface area (Å²) in [6, 6.07) is 13.1. The van der Waals surface area contributed by atoms with Crippen LogP contribution in [0, 0.1) is 25.2 Å². The van der Waals surface area contributed by atoms with Crippen LogP contribution >= 0.6 is 0 Å². The molecule has 0 saturated carbocycles. The van der Waals surface area contributed by atoms with Gasteiger partial charge in [-0.3, -0.25) is 0 Å². The molecule has 2 aromatic rings. The molecule has 0 aromatic heterocycles. The van der Waals surface area contributed by atoms with Gasteiger partial charge in [-0.1, -0.05) is 18.2 Å². The molecule has 2 aromatic carbocycles. The number of rotatable bonds is 3. The van der Waals surface area contributed by atoms with Gasteiger partial charge < -0.3 is 9.84 Å². The molecule has 0 heterocycles. The molecule has 1 atom stereocenters. The zero-order chi connectivity index (χ0) is 14.7. The first-order valence-corrected chi connectivity index (χ1v) is 6.49. The Kier molecular flexibility index (Phi) is 4.07. The second-order valence-electron chi connectivity index (χ2n) is 4.87. The van der Waals surface area contributed by atoms with E-state index in [0.29, 0.717) is 11.3 Å². The first-order chi connectivity index (χ1) is 9.52. The predicted molar refractivity (Wildman–Crippen MR) is 77.8 cm³/mol. The molecule has 20 heavy (non-hydrogen) atoms. The van der Waals surface area contributed by atoms with Gasteiger partial charge in [-0.15, -0.1) is 0 Å². The Balaban J connectivity index is 2.44. The Morgan fingerprint density at radius 3 is 2.30 bits per heavy atom. The molecule has 0 aliphatic rings. The lowest BCUT2D eigenvalue weighted by molar-refractivity contribution is 0.195. The molecule has 0 amide bonds. The SMILES string of the molecule is Cc1cc(C#N)cc(C)c1Oc1ccccc1[C@@H](C)O. The van der Waals surface area contributed by atoms with Crippen LogP contribution in [0.1, 0.15) is 35.3 Å². The van der Waals surface area contributed by atoms with Gasteiger partial charge in [0.25, 0.3) is 0 Å². The van der Waals surface area contributed by atoms with Crippen molar-refractivity contribution in [1.82, 2.24) is 0 Å². The highest BCUT2D eigenvalue weighted by atomic mass is 16.5. The van der Waals surface area contributed by atoms with E-state index < -0.39 is 6.10 Å². The molecule has 2 rings (SSSR count). The zero-order valence-corrected chi connectivity index (χ0v) is 11.8. The third-order valence-corrected chi connectivity index (χ3v) is 3.17. The van der Waals surface area contributed by atoms with Crippen LogP contribution in [0.25, 0.3) is 0 Å². The summed E-state index contributed by atoms with van der Waals surface area (Å²) in [5.41, 5.74) is 3.18. The van der Waals surface area contributed by atoms with Gasteiger partial charge in [-0.2, -0.15) is 5.26 Å². The molecule has 0 fully saturated rings. The fraction of sp³-hybridized carbons (Fsp3) is 0.235. The first kappa shape index (κ1) is 14.1. The smallest absolute Gasteiger partial charge is 0.133 e. The summed E-state index contributed by atoms with van der Waals surface area (Å²) < 4.78 is 5.96. The maximum atomic E-state index is 9.78. The summed E-state index contributed by atoms with van der Waals surface area (Å²) in [5, 5.41) is 18.7. The van der Waals surface area contributed by atoms with E-state index >= 15 is 0 Å². The fourth-order valence-electron chi connectivity index (χ4n) is 2.20. The molecule has 0 saturated heterocycles. The normalized spacial score (nSPS) is 11.8. The lowest BCUT2D eigenvalue weighted by Gasteiger charge is -2.16. The van der Waals surface area contributed by atoms with Crippen molar-refractivity contribution in [3.05, 3.63) is 58.7 Å². The molecule has 0 spiro atoms. The summed E-state index contributed by atoms with van der Waals surface area (Å²) in [6.07, 6.45) is -0.592. The van der Waals surface area contributed by atoms with Crippen LogP contribution in [0.4, 0.5) is 0 Å². The monoisotopic (exact) mass is 267 g/mol. The highest BCUT2D eigenvalue weighted by molar-refractivity contribution is 5.50. The van der Waals surface area contributed by atoms with Gasteiger partial charge in [0.05, 0.1) is 17.7 Å². The molecular formula is C17H17NO2. The van der Waals surface area contributed by atoms with E-state index in [1.54, 1.807) is 19.1 Å². The van der Waals surface area contributed by atoms with Crippen molar-refractivity contribution in [2.75, 3.05) is 0 Å². The number of ether oxygens (including phenoxy) is 1. The van der Waals surface area contributed by atoms with Crippen molar-refractivity contribution in [3.8, 4) is 17.6 Å². The number of hydrogen-bond donors (Lipinski definition) is 1. The van der Waals surface area contributed by atoms with E-state index in [9.17, 15) is 5.11 Å². The van der Waals surface area contributed by atoms with Crippen LogP contribution in [0.3, 0.4) is 0 Å². The number of aliphatic hydroxyl groups is 1. The van der Waals surface area contributed by atoms with E-state index in [-0.39, 0.29) is 0 Å². The molecular weight excluding hydrogens is 250 g/mol. The Bertz CT molecular complexity index is 646. The number of para-hydroxylation sites is 1. The minimum atomic E-state index is -0.592. The minimum Gasteiger partial charge on any atom is -0.456 e. The number of nitrogens with zero attached hydrogens (tertiary/aromatic N) is 1. The van der Waals surface area contributed by atoms with E-state index in [1.165, 1.54) is 0 Å². The Labute approximate surface area is 119 Å². The van der Waals surface area contributed by atoms with Gasteiger partial charge >= 0.3 is 0 Å². The first-order valence-electron chi connectivity index (χ1n) is 6.49. The van der Waals surface area contributed by atoms with Gasteiger partial charge in [0.1, 0.15) is 11.5 Å². The van der Waals surface area contributed by atoms with Crippen LogP contribution in [-0.4, -0.2) is 5.11 Å². The predicted octanol–water partition coefficient (Wildman–Crippen LogP) is 4.02. The Hall–Kier alpha value is -2.31. The van der Waals surface area contributed by atoms with E-state index in [4.69, 9.17) is 10.00 Å². The highest BCUT2D eigenvalue weighted by Gasteiger charge is 2.12.